The van der Waals surface area contributed by atoms with E-state index in [4.69, 9.17) is 14.1 Å². The van der Waals surface area contributed by atoms with Gasteiger partial charge in [-0.15, -0.1) is 0 Å². The van der Waals surface area contributed by atoms with Crippen molar-refractivity contribution in [3.8, 4) is 11.3 Å². The maximum absolute atomic E-state index is 11.5. The van der Waals surface area contributed by atoms with Gasteiger partial charge in [-0.25, -0.2) is 10.1 Å². The quantitative estimate of drug-likeness (QED) is 0.887. The predicted molar refractivity (Wildman–Crippen MR) is 87.7 cm³/mol. The highest BCUT2D eigenvalue weighted by Crippen LogP contribution is 2.64. The van der Waals surface area contributed by atoms with Crippen molar-refractivity contribution in [2.75, 3.05) is 13.1 Å². The van der Waals surface area contributed by atoms with Gasteiger partial charge in [0.15, 0.2) is 5.89 Å². The molecule has 0 radical (unpaired) electrons. The first-order chi connectivity index (χ1) is 12.0. The molecule has 134 valence electrons. The van der Waals surface area contributed by atoms with E-state index in [1.54, 1.807) is 12.5 Å². The summed E-state index contributed by atoms with van der Waals surface area (Å²) in [7, 11) is -3.59. The van der Waals surface area contributed by atoms with Gasteiger partial charge in [-0.2, -0.15) is 12.7 Å². The Hall–Kier alpha value is -1.71. The number of rotatable bonds is 4. The summed E-state index contributed by atoms with van der Waals surface area (Å²) in [6, 6.07) is 0. The van der Waals surface area contributed by atoms with Gasteiger partial charge in [0, 0.05) is 24.9 Å². The Kier molecular flexibility index (Phi) is 3.20. The molecule has 25 heavy (non-hydrogen) atoms. The van der Waals surface area contributed by atoms with Gasteiger partial charge >= 0.3 is 0 Å². The summed E-state index contributed by atoms with van der Waals surface area (Å²) in [5, 5.41) is 9.33. The van der Waals surface area contributed by atoms with Crippen LogP contribution in [-0.2, 0) is 10.2 Å². The highest BCUT2D eigenvalue weighted by molar-refractivity contribution is 7.86. The summed E-state index contributed by atoms with van der Waals surface area (Å²) in [4.78, 5) is 4.68. The molecule has 1 spiro atoms. The molecule has 9 heteroatoms. The van der Waals surface area contributed by atoms with Crippen LogP contribution in [0.25, 0.3) is 11.3 Å². The van der Waals surface area contributed by atoms with E-state index in [9.17, 15) is 8.42 Å². The Morgan fingerprint density at radius 3 is 2.68 bits per heavy atom. The third kappa shape index (κ3) is 2.61. The fraction of sp³-hybridized carbons (Fsp3) is 0.625. The molecule has 5 rings (SSSR count). The molecule has 0 amide bonds. The van der Waals surface area contributed by atoms with Gasteiger partial charge in [0.25, 0.3) is 10.2 Å². The molecule has 0 bridgehead atoms. The third-order valence-electron chi connectivity index (χ3n) is 5.93. The van der Waals surface area contributed by atoms with Gasteiger partial charge in [-0.05, 0) is 37.5 Å². The number of oxazole rings is 1. The second-order valence-electron chi connectivity index (χ2n) is 7.52. The van der Waals surface area contributed by atoms with Crippen molar-refractivity contribution in [3.05, 3.63) is 24.1 Å². The van der Waals surface area contributed by atoms with Crippen molar-refractivity contribution >= 4 is 10.2 Å². The third-order valence-corrected chi connectivity index (χ3v) is 7.01. The first-order valence-corrected chi connectivity index (χ1v) is 10.1. The maximum Gasteiger partial charge on any atom is 0.276 e. The summed E-state index contributed by atoms with van der Waals surface area (Å²) in [5.74, 6) is 1.49. The molecule has 3 aliphatic rings. The lowest BCUT2D eigenvalue weighted by Crippen LogP contribution is -2.43. The zero-order valence-electron chi connectivity index (χ0n) is 13.7. The molecule has 0 unspecified atom stereocenters. The average Bonchev–Trinajstić information content (AvgIpc) is 3.41. The van der Waals surface area contributed by atoms with Crippen LogP contribution < -0.4 is 5.14 Å². The minimum absolute atomic E-state index is 0.108. The molecule has 2 N–H and O–H groups in total. The van der Waals surface area contributed by atoms with Gasteiger partial charge in [-0.3, -0.25) is 0 Å². The number of hydrogen-bond acceptors (Lipinski definition) is 6. The van der Waals surface area contributed by atoms with E-state index in [0.29, 0.717) is 19.0 Å². The number of nitrogens with zero attached hydrogens (tertiary/aromatic N) is 3. The van der Waals surface area contributed by atoms with Crippen molar-refractivity contribution in [1.82, 2.24) is 14.4 Å². The minimum Gasteiger partial charge on any atom is -0.448 e. The van der Waals surface area contributed by atoms with Crippen LogP contribution in [0.1, 0.15) is 55.5 Å². The SMILES string of the molecule is NS(=O)(=O)N1CCC2(CC1)C[C@H]2c1nc(-c2conc2C2CC2)co1. The Balaban J connectivity index is 1.32. The van der Waals surface area contributed by atoms with Crippen LogP contribution in [-0.4, -0.2) is 36.0 Å². The Morgan fingerprint density at radius 2 is 2.00 bits per heavy atom. The van der Waals surface area contributed by atoms with Crippen LogP contribution in [0.15, 0.2) is 21.5 Å². The summed E-state index contributed by atoms with van der Waals surface area (Å²) in [6.07, 6.45) is 8.21. The normalized spacial score (nSPS) is 26.2. The lowest BCUT2D eigenvalue weighted by molar-refractivity contribution is 0.246. The summed E-state index contributed by atoms with van der Waals surface area (Å²) in [6.45, 7) is 0.945. The van der Waals surface area contributed by atoms with E-state index in [0.717, 1.165) is 54.9 Å². The molecule has 2 aromatic rings. The molecule has 2 aromatic heterocycles. The van der Waals surface area contributed by atoms with E-state index in [2.05, 4.69) is 10.1 Å². The molecular weight excluding hydrogens is 344 g/mol. The molecule has 1 atom stereocenters. The van der Waals surface area contributed by atoms with Crippen LogP contribution in [0.4, 0.5) is 0 Å². The van der Waals surface area contributed by atoms with Crippen LogP contribution >= 0.6 is 0 Å². The second-order valence-corrected chi connectivity index (χ2v) is 9.07. The standard InChI is InChI=1S/C16H20N4O4S/c17-25(21,22)20-5-3-16(4-6-20)7-12(16)15-18-13(9-23-15)11-8-24-19-14(11)10-1-2-10/h8-10,12H,1-7H2,(H2,17,21,22)/t12-/m0/s1. The van der Waals surface area contributed by atoms with Crippen LogP contribution in [0.3, 0.4) is 0 Å². The first-order valence-electron chi connectivity index (χ1n) is 8.64. The van der Waals surface area contributed by atoms with Crippen LogP contribution in [0, 0.1) is 5.41 Å². The van der Waals surface area contributed by atoms with Gasteiger partial charge in [0.2, 0.25) is 0 Å². The molecular formula is C16H20N4O4S. The second kappa shape index (κ2) is 5.15. The highest BCUT2D eigenvalue weighted by Gasteiger charge is 2.58. The highest BCUT2D eigenvalue weighted by atomic mass is 32.2. The van der Waals surface area contributed by atoms with E-state index in [1.807, 2.05) is 0 Å². The summed E-state index contributed by atoms with van der Waals surface area (Å²) in [5.41, 5.74) is 2.79. The summed E-state index contributed by atoms with van der Waals surface area (Å²) >= 11 is 0. The number of hydrogen-bond donors (Lipinski definition) is 1. The molecule has 3 fully saturated rings. The molecule has 0 aromatic carbocycles. The van der Waals surface area contributed by atoms with Crippen LogP contribution in [0.5, 0.6) is 0 Å². The fourth-order valence-electron chi connectivity index (χ4n) is 4.10. The van der Waals surface area contributed by atoms with E-state index in [-0.39, 0.29) is 11.3 Å². The number of piperidine rings is 1. The van der Waals surface area contributed by atoms with Gasteiger partial charge in [0.1, 0.15) is 18.2 Å². The van der Waals surface area contributed by atoms with Gasteiger partial charge in [-0.1, -0.05) is 5.16 Å². The Labute approximate surface area is 145 Å². The average molecular weight is 364 g/mol. The van der Waals surface area contributed by atoms with E-state index in [1.165, 1.54) is 4.31 Å². The molecule has 2 aliphatic carbocycles. The topological polar surface area (TPSA) is 115 Å². The van der Waals surface area contributed by atoms with Crippen molar-refractivity contribution in [2.45, 2.75) is 43.9 Å². The van der Waals surface area contributed by atoms with E-state index >= 15 is 0 Å². The smallest absolute Gasteiger partial charge is 0.276 e. The zero-order valence-corrected chi connectivity index (χ0v) is 14.5. The molecule has 8 nitrogen and oxygen atoms in total. The summed E-state index contributed by atoms with van der Waals surface area (Å²) < 4.78 is 35.1. The zero-order chi connectivity index (χ0) is 17.2. The van der Waals surface area contributed by atoms with Gasteiger partial charge < -0.3 is 8.94 Å². The van der Waals surface area contributed by atoms with Crippen molar-refractivity contribution in [1.29, 1.82) is 0 Å². The Bertz CT molecular complexity index is 906. The van der Waals surface area contributed by atoms with Crippen molar-refractivity contribution in [2.24, 2.45) is 10.6 Å². The first kappa shape index (κ1) is 15.5. The Morgan fingerprint density at radius 1 is 1.24 bits per heavy atom. The molecule has 1 saturated heterocycles. The number of aromatic nitrogens is 2. The monoisotopic (exact) mass is 364 g/mol. The fourth-order valence-corrected chi connectivity index (χ4v) is 4.79. The molecule has 1 aliphatic heterocycles. The van der Waals surface area contributed by atoms with Crippen LogP contribution in [0.2, 0.25) is 0 Å². The predicted octanol–water partition coefficient (Wildman–Crippen LogP) is 1.98. The minimum atomic E-state index is -3.59. The maximum atomic E-state index is 11.5. The van der Waals surface area contributed by atoms with Crippen molar-refractivity contribution < 1.29 is 17.4 Å². The lowest BCUT2D eigenvalue weighted by atomic mass is 9.92. The largest absolute Gasteiger partial charge is 0.448 e. The van der Waals surface area contributed by atoms with E-state index < -0.39 is 10.2 Å². The lowest BCUT2D eigenvalue weighted by Gasteiger charge is -2.30. The molecule has 2 saturated carbocycles. The number of nitrogens with two attached hydrogens (primary N) is 1. The van der Waals surface area contributed by atoms with Gasteiger partial charge in [0.05, 0.1) is 11.3 Å². The molecule has 3 heterocycles. The van der Waals surface area contributed by atoms with Crippen molar-refractivity contribution in [3.63, 3.8) is 0 Å².